The topological polar surface area (TPSA) is 43.6 Å². The molecule has 2 heterocycles. The lowest BCUT2D eigenvalue weighted by Gasteiger charge is -2.13. The van der Waals surface area contributed by atoms with Gasteiger partial charge in [0.05, 0.1) is 11.0 Å². The van der Waals surface area contributed by atoms with E-state index in [0.29, 0.717) is 17.5 Å². The summed E-state index contributed by atoms with van der Waals surface area (Å²) in [5, 5.41) is 9.35. The van der Waals surface area contributed by atoms with Crippen LogP contribution in [0.25, 0.3) is 94.0 Å². The molecule has 0 bridgehead atoms. The van der Waals surface area contributed by atoms with Crippen molar-refractivity contribution in [1.29, 1.82) is 0 Å². The van der Waals surface area contributed by atoms with Crippen molar-refractivity contribution in [3.05, 3.63) is 170 Å². The molecule has 4 nitrogen and oxygen atoms in total. The van der Waals surface area contributed by atoms with E-state index in [4.69, 9.17) is 15.0 Å². The molecule has 8 aromatic carbocycles. The summed E-state index contributed by atoms with van der Waals surface area (Å²) in [5.74, 6) is 1.94. The standard InChI is InChI=1S/C45H28N4/c1-3-12-32-26-34(22-20-29(32)10-1)43-46-44(35-23-21-30-11-2-4-13-33(30)27-35)48-45(47-43)39-17-9-14-31-24-25-36(28-40(31)39)49-41-18-7-5-15-37(41)38-16-6-8-19-42(38)49/h1-28H. The molecule has 10 aromatic rings. The van der Waals surface area contributed by atoms with E-state index >= 15 is 0 Å². The highest BCUT2D eigenvalue weighted by atomic mass is 15.0. The van der Waals surface area contributed by atoms with Crippen molar-refractivity contribution in [3.63, 3.8) is 0 Å². The fourth-order valence-electron chi connectivity index (χ4n) is 7.21. The maximum absolute atomic E-state index is 5.18. The third kappa shape index (κ3) is 4.57. The highest BCUT2D eigenvalue weighted by molar-refractivity contribution is 6.09. The normalized spacial score (nSPS) is 11.7. The van der Waals surface area contributed by atoms with Crippen LogP contribution >= 0.6 is 0 Å². The van der Waals surface area contributed by atoms with Gasteiger partial charge in [0, 0.05) is 33.2 Å². The molecule has 0 N–H and O–H groups in total. The molecule has 0 aliphatic heterocycles. The molecule has 0 fully saturated rings. The van der Waals surface area contributed by atoms with Crippen LogP contribution in [0.1, 0.15) is 0 Å². The van der Waals surface area contributed by atoms with Crippen LogP contribution in [0.3, 0.4) is 0 Å². The Morgan fingerprint density at radius 3 is 1.43 bits per heavy atom. The van der Waals surface area contributed by atoms with Crippen LogP contribution in [0.2, 0.25) is 0 Å². The summed E-state index contributed by atoms with van der Waals surface area (Å²) in [5.41, 5.74) is 6.32. The molecule has 0 spiro atoms. The molecule has 0 aliphatic carbocycles. The van der Waals surface area contributed by atoms with Crippen LogP contribution in [-0.4, -0.2) is 19.5 Å². The lowest BCUT2D eigenvalue weighted by Crippen LogP contribution is -2.01. The van der Waals surface area contributed by atoms with Gasteiger partial charge in [-0.25, -0.2) is 15.0 Å². The number of hydrogen-bond donors (Lipinski definition) is 0. The van der Waals surface area contributed by atoms with Gasteiger partial charge in [-0.05, 0) is 68.7 Å². The second-order valence-corrected chi connectivity index (χ2v) is 12.5. The fourth-order valence-corrected chi connectivity index (χ4v) is 7.21. The van der Waals surface area contributed by atoms with Crippen molar-refractivity contribution >= 4 is 54.1 Å². The molecule has 10 rings (SSSR count). The Hall–Kier alpha value is -6.65. The zero-order chi connectivity index (χ0) is 32.3. The van der Waals surface area contributed by atoms with Gasteiger partial charge < -0.3 is 4.57 Å². The molecule has 4 heteroatoms. The van der Waals surface area contributed by atoms with Crippen LogP contribution in [0.5, 0.6) is 0 Å². The molecule has 2 aromatic heterocycles. The summed E-state index contributed by atoms with van der Waals surface area (Å²) in [7, 11) is 0. The maximum Gasteiger partial charge on any atom is 0.164 e. The molecule has 0 amide bonds. The maximum atomic E-state index is 5.18. The lowest BCUT2D eigenvalue weighted by molar-refractivity contribution is 1.08. The van der Waals surface area contributed by atoms with E-state index in [9.17, 15) is 0 Å². The van der Waals surface area contributed by atoms with Gasteiger partial charge in [0.15, 0.2) is 17.5 Å². The van der Waals surface area contributed by atoms with Gasteiger partial charge in [-0.2, -0.15) is 0 Å². The summed E-state index contributed by atoms with van der Waals surface area (Å²) < 4.78 is 2.36. The first-order valence-electron chi connectivity index (χ1n) is 16.5. The Balaban J connectivity index is 1.21. The number of aromatic nitrogens is 4. The second kappa shape index (κ2) is 11.0. The molecule has 0 saturated heterocycles. The van der Waals surface area contributed by atoms with Gasteiger partial charge in [0.2, 0.25) is 0 Å². The summed E-state index contributed by atoms with van der Waals surface area (Å²) >= 11 is 0. The van der Waals surface area contributed by atoms with Gasteiger partial charge >= 0.3 is 0 Å². The van der Waals surface area contributed by atoms with Crippen molar-refractivity contribution in [2.45, 2.75) is 0 Å². The highest BCUT2D eigenvalue weighted by Gasteiger charge is 2.17. The predicted octanol–water partition coefficient (Wildman–Crippen LogP) is 11.4. The quantitative estimate of drug-likeness (QED) is 0.196. The number of nitrogens with zero attached hydrogens (tertiary/aromatic N) is 4. The van der Waals surface area contributed by atoms with Gasteiger partial charge in [0.25, 0.3) is 0 Å². The van der Waals surface area contributed by atoms with E-state index in [2.05, 4.69) is 174 Å². The Labute approximate surface area is 282 Å². The molecular weight excluding hydrogens is 597 g/mol. The van der Waals surface area contributed by atoms with Crippen molar-refractivity contribution in [2.24, 2.45) is 0 Å². The number of fused-ring (bicyclic) bond motifs is 6. The van der Waals surface area contributed by atoms with Gasteiger partial charge in [-0.3, -0.25) is 0 Å². The molecule has 0 aliphatic rings. The first-order chi connectivity index (χ1) is 24.3. The van der Waals surface area contributed by atoms with E-state index in [-0.39, 0.29) is 0 Å². The van der Waals surface area contributed by atoms with Crippen LogP contribution < -0.4 is 0 Å². The molecule has 228 valence electrons. The van der Waals surface area contributed by atoms with E-state index in [0.717, 1.165) is 43.9 Å². The highest BCUT2D eigenvalue weighted by Crippen LogP contribution is 2.36. The minimum atomic E-state index is 0.645. The molecule has 49 heavy (non-hydrogen) atoms. The number of hydrogen-bond acceptors (Lipinski definition) is 3. The molecule has 0 saturated carbocycles. The molecular formula is C45H28N4. The Morgan fingerprint density at radius 1 is 0.327 bits per heavy atom. The number of benzene rings is 8. The largest absolute Gasteiger partial charge is 0.309 e. The Bertz CT molecular complexity index is 2750. The smallest absolute Gasteiger partial charge is 0.164 e. The average molecular weight is 625 g/mol. The van der Waals surface area contributed by atoms with Crippen molar-refractivity contribution in [1.82, 2.24) is 19.5 Å². The Morgan fingerprint density at radius 2 is 0.816 bits per heavy atom. The lowest BCUT2D eigenvalue weighted by atomic mass is 10.0. The van der Waals surface area contributed by atoms with E-state index in [1.165, 1.54) is 32.6 Å². The first-order valence-corrected chi connectivity index (χ1v) is 16.5. The number of rotatable bonds is 4. The van der Waals surface area contributed by atoms with Crippen molar-refractivity contribution < 1.29 is 0 Å². The van der Waals surface area contributed by atoms with Crippen LogP contribution in [0.4, 0.5) is 0 Å². The average Bonchev–Trinajstić information content (AvgIpc) is 3.51. The molecule has 0 radical (unpaired) electrons. The minimum Gasteiger partial charge on any atom is -0.309 e. The van der Waals surface area contributed by atoms with Crippen molar-refractivity contribution in [3.8, 4) is 39.9 Å². The zero-order valence-corrected chi connectivity index (χ0v) is 26.5. The third-order valence-corrected chi connectivity index (χ3v) is 9.60. The fraction of sp³-hybridized carbons (Fsp3) is 0. The van der Waals surface area contributed by atoms with E-state index in [1.807, 2.05) is 0 Å². The summed E-state index contributed by atoms with van der Waals surface area (Å²) in [4.78, 5) is 15.5. The predicted molar refractivity (Wildman–Crippen MR) is 203 cm³/mol. The van der Waals surface area contributed by atoms with Crippen molar-refractivity contribution in [2.75, 3.05) is 0 Å². The number of para-hydroxylation sites is 2. The van der Waals surface area contributed by atoms with Gasteiger partial charge in [0.1, 0.15) is 0 Å². The monoisotopic (exact) mass is 624 g/mol. The third-order valence-electron chi connectivity index (χ3n) is 9.60. The summed E-state index contributed by atoms with van der Waals surface area (Å²) in [6.45, 7) is 0. The SMILES string of the molecule is c1ccc2cc(-c3nc(-c4ccc5ccccc5c4)nc(-c4cccc5ccc(-n6c7ccccc7c7ccccc76)cc45)n3)ccc2c1. The summed E-state index contributed by atoms with van der Waals surface area (Å²) in [6, 6.07) is 59.9. The van der Waals surface area contributed by atoms with E-state index in [1.54, 1.807) is 0 Å². The van der Waals surface area contributed by atoms with Crippen LogP contribution in [0, 0.1) is 0 Å². The second-order valence-electron chi connectivity index (χ2n) is 12.5. The van der Waals surface area contributed by atoms with E-state index < -0.39 is 0 Å². The van der Waals surface area contributed by atoms with Gasteiger partial charge in [-0.15, -0.1) is 0 Å². The molecule has 0 atom stereocenters. The van der Waals surface area contributed by atoms with Crippen LogP contribution in [-0.2, 0) is 0 Å². The summed E-state index contributed by atoms with van der Waals surface area (Å²) in [6.07, 6.45) is 0. The molecule has 0 unspecified atom stereocenters. The first kappa shape index (κ1) is 27.5. The van der Waals surface area contributed by atoms with Gasteiger partial charge in [-0.1, -0.05) is 133 Å². The zero-order valence-electron chi connectivity index (χ0n) is 26.5. The van der Waals surface area contributed by atoms with Crippen LogP contribution in [0.15, 0.2) is 170 Å². The minimum absolute atomic E-state index is 0.645. The Kier molecular flexibility index (Phi) is 6.15.